The number of nitrogens with one attached hydrogen (secondary N) is 1. The van der Waals surface area contributed by atoms with E-state index in [2.05, 4.69) is 44.3 Å². The predicted octanol–water partition coefficient (Wildman–Crippen LogP) is 3.14. The summed E-state index contributed by atoms with van der Waals surface area (Å²) in [6.07, 6.45) is 2.68. The molecule has 0 spiro atoms. The van der Waals surface area contributed by atoms with Gasteiger partial charge in [-0.1, -0.05) is 22.9 Å². The van der Waals surface area contributed by atoms with E-state index in [-0.39, 0.29) is 0 Å². The van der Waals surface area contributed by atoms with Gasteiger partial charge in [-0.15, -0.1) is 0 Å². The zero-order valence-corrected chi connectivity index (χ0v) is 14.1. The van der Waals surface area contributed by atoms with Crippen molar-refractivity contribution in [3.63, 3.8) is 0 Å². The molecule has 1 aromatic carbocycles. The van der Waals surface area contributed by atoms with Crippen LogP contribution in [0.5, 0.6) is 5.75 Å². The molecule has 0 unspecified atom stereocenters. The Hall–Kier alpha value is -1.40. The smallest absolute Gasteiger partial charge is 0.164 e. The van der Waals surface area contributed by atoms with Crippen LogP contribution in [0.4, 0.5) is 0 Å². The van der Waals surface area contributed by atoms with Gasteiger partial charge in [0.1, 0.15) is 18.7 Å². The summed E-state index contributed by atoms with van der Waals surface area (Å²) in [6.45, 7) is 7.26. The van der Waals surface area contributed by atoms with Crippen LogP contribution in [0.25, 0.3) is 0 Å². The molecule has 0 bridgehead atoms. The highest BCUT2D eigenvalue weighted by atomic mass is 79.9. The van der Waals surface area contributed by atoms with E-state index < -0.39 is 0 Å². The molecule has 1 aromatic heterocycles. The number of ether oxygens (including phenoxy) is 1. The van der Waals surface area contributed by atoms with Crippen LogP contribution in [-0.4, -0.2) is 21.3 Å². The zero-order valence-electron chi connectivity index (χ0n) is 12.5. The third kappa shape index (κ3) is 4.54. The Labute approximate surface area is 133 Å². The maximum Gasteiger partial charge on any atom is 0.164 e. The van der Waals surface area contributed by atoms with Crippen LogP contribution in [0.3, 0.4) is 0 Å². The van der Waals surface area contributed by atoms with Crippen molar-refractivity contribution in [2.45, 2.75) is 40.0 Å². The molecule has 0 fully saturated rings. The second kappa shape index (κ2) is 8.14. The molecule has 0 radical (unpaired) electrons. The van der Waals surface area contributed by atoms with E-state index in [0.717, 1.165) is 42.1 Å². The van der Waals surface area contributed by atoms with Gasteiger partial charge >= 0.3 is 0 Å². The van der Waals surface area contributed by atoms with Gasteiger partial charge in [0, 0.05) is 17.6 Å². The van der Waals surface area contributed by atoms with Gasteiger partial charge in [-0.25, -0.2) is 9.67 Å². The van der Waals surface area contributed by atoms with Gasteiger partial charge in [-0.2, -0.15) is 5.10 Å². The summed E-state index contributed by atoms with van der Waals surface area (Å²) in [7, 11) is 0. The van der Waals surface area contributed by atoms with Crippen molar-refractivity contribution in [2.24, 2.45) is 0 Å². The molecular formula is C15H21BrN4O. The molecule has 6 heteroatoms. The summed E-state index contributed by atoms with van der Waals surface area (Å²) in [6, 6.07) is 6.03. The largest absolute Gasteiger partial charge is 0.486 e. The summed E-state index contributed by atoms with van der Waals surface area (Å²) < 4.78 is 8.75. The second-order valence-electron chi connectivity index (χ2n) is 4.71. The Morgan fingerprint density at radius 1 is 1.33 bits per heavy atom. The third-order valence-corrected chi connectivity index (χ3v) is 3.90. The molecule has 2 aromatic rings. The average molecular weight is 353 g/mol. The van der Waals surface area contributed by atoms with Crippen molar-refractivity contribution < 1.29 is 4.74 Å². The number of nitrogens with zero attached hydrogens (tertiary/aromatic N) is 3. The standard InChI is InChI=1S/C15H21BrN4O/c1-3-7-17-9-12-8-13(5-6-14(12)16)21-10-15-18-11-19-20(15)4-2/h5-6,8,11,17H,3-4,7,9-10H2,1-2H3. The van der Waals surface area contributed by atoms with Crippen LogP contribution in [0.15, 0.2) is 29.0 Å². The molecule has 0 aliphatic heterocycles. The highest BCUT2D eigenvalue weighted by Gasteiger charge is 2.06. The van der Waals surface area contributed by atoms with Gasteiger partial charge in [-0.05, 0) is 43.7 Å². The van der Waals surface area contributed by atoms with E-state index in [1.807, 2.05) is 23.7 Å². The van der Waals surface area contributed by atoms with Crippen molar-refractivity contribution in [3.8, 4) is 5.75 Å². The Balaban J connectivity index is 1.98. The highest BCUT2D eigenvalue weighted by molar-refractivity contribution is 9.10. The number of benzene rings is 1. The first-order valence-corrected chi connectivity index (χ1v) is 8.02. The fraction of sp³-hybridized carbons (Fsp3) is 0.467. The van der Waals surface area contributed by atoms with E-state index in [4.69, 9.17) is 4.74 Å². The van der Waals surface area contributed by atoms with Crippen LogP contribution < -0.4 is 10.1 Å². The van der Waals surface area contributed by atoms with E-state index >= 15 is 0 Å². The molecule has 0 saturated heterocycles. The number of aryl methyl sites for hydroxylation is 1. The van der Waals surface area contributed by atoms with Gasteiger partial charge in [0.25, 0.3) is 0 Å². The van der Waals surface area contributed by atoms with Gasteiger partial charge in [0.2, 0.25) is 0 Å². The van der Waals surface area contributed by atoms with E-state index in [9.17, 15) is 0 Å². The lowest BCUT2D eigenvalue weighted by atomic mass is 10.2. The predicted molar refractivity (Wildman–Crippen MR) is 86.2 cm³/mol. The molecule has 2 rings (SSSR count). The number of hydrogen-bond donors (Lipinski definition) is 1. The molecule has 0 aliphatic carbocycles. The minimum atomic E-state index is 0.428. The number of aromatic nitrogens is 3. The first-order valence-electron chi connectivity index (χ1n) is 7.23. The van der Waals surface area contributed by atoms with Crippen LogP contribution in [0.2, 0.25) is 0 Å². The van der Waals surface area contributed by atoms with Crippen molar-refractivity contribution in [3.05, 3.63) is 40.4 Å². The Morgan fingerprint density at radius 3 is 2.95 bits per heavy atom. The summed E-state index contributed by atoms with van der Waals surface area (Å²) in [5, 5.41) is 7.53. The normalized spacial score (nSPS) is 10.8. The van der Waals surface area contributed by atoms with Crippen molar-refractivity contribution in [1.29, 1.82) is 0 Å². The maximum atomic E-state index is 5.82. The topological polar surface area (TPSA) is 52.0 Å². The summed E-state index contributed by atoms with van der Waals surface area (Å²) in [4.78, 5) is 4.21. The van der Waals surface area contributed by atoms with Crippen LogP contribution in [0.1, 0.15) is 31.7 Å². The molecule has 0 aliphatic rings. The molecule has 5 nitrogen and oxygen atoms in total. The molecule has 0 saturated carbocycles. The molecule has 21 heavy (non-hydrogen) atoms. The van der Waals surface area contributed by atoms with Crippen LogP contribution in [-0.2, 0) is 19.7 Å². The molecular weight excluding hydrogens is 332 g/mol. The lowest BCUT2D eigenvalue weighted by Gasteiger charge is -2.10. The fourth-order valence-corrected chi connectivity index (χ4v) is 2.37. The van der Waals surface area contributed by atoms with E-state index in [1.54, 1.807) is 6.33 Å². The lowest BCUT2D eigenvalue weighted by Crippen LogP contribution is -2.14. The molecule has 0 amide bonds. The van der Waals surface area contributed by atoms with Crippen LogP contribution in [0, 0.1) is 0 Å². The summed E-state index contributed by atoms with van der Waals surface area (Å²) >= 11 is 3.57. The lowest BCUT2D eigenvalue weighted by molar-refractivity contribution is 0.287. The van der Waals surface area contributed by atoms with Crippen molar-refractivity contribution >= 4 is 15.9 Å². The minimum absolute atomic E-state index is 0.428. The van der Waals surface area contributed by atoms with E-state index in [1.165, 1.54) is 5.56 Å². The number of halogens is 1. The van der Waals surface area contributed by atoms with Crippen molar-refractivity contribution in [1.82, 2.24) is 20.1 Å². The monoisotopic (exact) mass is 352 g/mol. The second-order valence-corrected chi connectivity index (χ2v) is 5.57. The number of hydrogen-bond acceptors (Lipinski definition) is 4. The van der Waals surface area contributed by atoms with Gasteiger partial charge < -0.3 is 10.1 Å². The van der Waals surface area contributed by atoms with Gasteiger partial charge in [0.05, 0.1) is 0 Å². The molecule has 0 atom stereocenters. The molecule has 1 N–H and O–H groups in total. The zero-order chi connectivity index (χ0) is 15.1. The first kappa shape index (κ1) is 16.0. The summed E-state index contributed by atoms with van der Waals surface area (Å²) in [5.74, 6) is 1.68. The number of rotatable bonds is 8. The van der Waals surface area contributed by atoms with E-state index in [0.29, 0.717) is 6.61 Å². The summed E-state index contributed by atoms with van der Waals surface area (Å²) in [5.41, 5.74) is 1.19. The molecule has 1 heterocycles. The first-order chi connectivity index (χ1) is 10.2. The highest BCUT2D eigenvalue weighted by Crippen LogP contribution is 2.23. The minimum Gasteiger partial charge on any atom is -0.486 e. The Morgan fingerprint density at radius 2 is 2.19 bits per heavy atom. The SMILES string of the molecule is CCCNCc1cc(OCc2ncnn2CC)ccc1Br. The van der Waals surface area contributed by atoms with Gasteiger partial charge in [-0.3, -0.25) is 0 Å². The van der Waals surface area contributed by atoms with Crippen LogP contribution >= 0.6 is 15.9 Å². The third-order valence-electron chi connectivity index (χ3n) is 3.12. The maximum absolute atomic E-state index is 5.82. The quantitative estimate of drug-likeness (QED) is 0.741. The van der Waals surface area contributed by atoms with Gasteiger partial charge in [0.15, 0.2) is 5.82 Å². The Bertz CT molecular complexity index is 571. The molecule has 114 valence electrons. The van der Waals surface area contributed by atoms with Crippen molar-refractivity contribution in [2.75, 3.05) is 6.54 Å². The Kier molecular flexibility index (Phi) is 6.20. The average Bonchev–Trinajstić information content (AvgIpc) is 2.95. The fourth-order valence-electron chi connectivity index (χ4n) is 1.99.